The van der Waals surface area contributed by atoms with E-state index < -0.39 is 29.0 Å². The Morgan fingerprint density at radius 3 is 2.33 bits per heavy atom. The number of carbonyl (C=O) groups excluding carboxylic acids is 1. The summed E-state index contributed by atoms with van der Waals surface area (Å²) in [7, 11) is 0. The molecular formula is C27H30F3NO2. The van der Waals surface area contributed by atoms with Gasteiger partial charge in [-0.3, -0.25) is 0 Å². The van der Waals surface area contributed by atoms with Gasteiger partial charge in [0.25, 0.3) is 0 Å². The molecular weight excluding hydrogens is 427 g/mol. The second kappa shape index (κ2) is 11.4. The summed E-state index contributed by atoms with van der Waals surface area (Å²) < 4.78 is 48.0. The van der Waals surface area contributed by atoms with Gasteiger partial charge in [-0.15, -0.1) is 0 Å². The van der Waals surface area contributed by atoms with Gasteiger partial charge in [-0.25, -0.2) is 18.0 Å². The highest BCUT2D eigenvalue weighted by Crippen LogP contribution is 2.37. The monoisotopic (exact) mass is 457 g/mol. The van der Waals surface area contributed by atoms with Gasteiger partial charge >= 0.3 is 5.97 Å². The van der Waals surface area contributed by atoms with E-state index in [4.69, 9.17) is 10.00 Å². The normalized spacial score (nSPS) is 19.0. The molecule has 1 aliphatic carbocycles. The molecule has 0 N–H and O–H groups in total. The van der Waals surface area contributed by atoms with Gasteiger partial charge in [0, 0.05) is 6.07 Å². The smallest absolute Gasteiger partial charge is 0.349 e. The number of rotatable bonds is 8. The summed E-state index contributed by atoms with van der Waals surface area (Å²) in [6.45, 7) is 4.33. The first-order valence-electron chi connectivity index (χ1n) is 11.7. The first-order chi connectivity index (χ1) is 15.8. The van der Waals surface area contributed by atoms with Crippen molar-refractivity contribution in [2.45, 2.75) is 65.2 Å². The molecule has 6 heteroatoms. The van der Waals surface area contributed by atoms with Gasteiger partial charge in [0.05, 0.1) is 5.56 Å². The maximum Gasteiger partial charge on any atom is 0.349 e. The van der Waals surface area contributed by atoms with E-state index in [1.54, 1.807) is 6.07 Å². The molecule has 0 aliphatic heterocycles. The Hall–Kier alpha value is -2.81. The maximum atomic E-state index is 14.7. The summed E-state index contributed by atoms with van der Waals surface area (Å²) in [6.07, 6.45) is 9.06. The molecule has 0 heterocycles. The summed E-state index contributed by atoms with van der Waals surface area (Å²) in [5, 5.41) is 8.76. The van der Waals surface area contributed by atoms with Gasteiger partial charge < -0.3 is 4.74 Å². The van der Waals surface area contributed by atoms with Crippen molar-refractivity contribution in [2.24, 2.45) is 17.8 Å². The van der Waals surface area contributed by atoms with Crippen molar-refractivity contribution in [1.29, 1.82) is 5.26 Å². The zero-order chi connectivity index (χ0) is 24.0. The van der Waals surface area contributed by atoms with Gasteiger partial charge in [-0.2, -0.15) is 5.26 Å². The quantitative estimate of drug-likeness (QED) is 0.307. The van der Waals surface area contributed by atoms with Crippen molar-refractivity contribution < 1.29 is 22.7 Å². The lowest BCUT2D eigenvalue weighted by Crippen LogP contribution is -2.22. The molecule has 3 rings (SSSR count). The molecule has 1 saturated carbocycles. The van der Waals surface area contributed by atoms with Crippen molar-refractivity contribution in [3.8, 4) is 11.8 Å². The molecule has 0 bridgehead atoms. The minimum Gasteiger partial charge on any atom is -0.423 e. The molecule has 2 aromatic rings. The van der Waals surface area contributed by atoms with Crippen LogP contribution in [0.3, 0.4) is 0 Å². The van der Waals surface area contributed by atoms with Crippen LogP contribution < -0.4 is 4.74 Å². The fraction of sp³-hybridized carbons (Fsp3) is 0.481. The number of nitriles is 1. The van der Waals surface area contributed by atoms with Gasteiger partial charge in [-0.1, -0.05) is 46.0 Å². The van der Waals surface area contributed by atoms with Crippen LogP contribution in [-0.4, -0.2) is 5.97 Å². The van der Waals surface area contributed by atoms with Gasteiger partial charge in [0.15, 0.2) is 0 Å². The minimum absolute atomic E-state index is 0.222. The molecule has 1 unspecified atom stereocenters. The average molecular weight is 458 g/mol. The number of esters is 1. The third-order valence-electron chi connectivity index (χ3n) is 6.80. The standard InChI is InChI=1S/C27H30F3NO2/c1-3-4-5-18-6-8-20(9-7-18)17(2)12-19-13-24(29)26(25(30)14-19)27(32)33-22-11-10-21(16-31)23(28)15-22/h10-11,13-15,17-18,20H,3-9,12H2,1-2H3. The van der Waals surface area contributed by atoms with Gasteiger partial charge in [-0.05, 0) is 66.8 Å². The SMILES string of the molecule is CCCCC1CCC(C(C)Cc2cc(F)c(C(=O)Oc3ccc(C#N)c(F)c3)c(F)c2)CC1. The lowest BCUT2D eigenvalue weighted by atomic mass is 9.73. The Kier molecular flexibility index (Phi) is 8.55. The van der Waals surface area contributed by atoms with Crippen molar-refractivity contribution in [3.63, 3.8) is 0 Å². The van der Waals surface area contributed by atoms with E-state index >= 15 is 0 Å². The second-order valence-corrected chi connectivity index (χ2v) is 9.18. The lowest BCUT2D eigenvalue weighted by Gasteiger charge is -2.32. The summed E-state index contributed by atoms with van der Waals surface area (Å²) >= 11 is 0. The molecule has 176 valence electrons. The predicted molar refractivity (Wildman–Crippen MR) is 120 cm³/mol. The van der Waals surface area contributed by atoms with E-state index in [0.29, 0.717) is 17.9 Å². The number of benzene rings is 2. The highest BCUT2D eigenvalue weighted by Gasteiger charge is 2.26. The molecule has 0 radical (unpaired) electrons. The van der Waals surface area contributed by atoms with E-state index in [1.807, 2.05) is 0 Å². The van der Waals surface area contributed by atoms with Crippen LogP contribution in [0.2, 0.25) is 0 Å². The van der Waals surface area contributed by atoms with Crippen LogP contribution in [-0.2, 0) is 6.42 Å². The molecule has 3 nitrogen and oxygen atoms in total. The number of carbonyl (C=O) groups is 1. The fourth-order valence-corrected chi connectivity index (χ4v) is 4.82. The van der Waals surface area contributed by atoms with Crippen LogP contribution in [0.5, 0.6) is 5.75 Å². The highest BCUT2D eigenvalue weighted by molar-refractivity contribution is 5.91. The zero-order valence-electron chi connectivity index (χ0n) is 19.2. The molecule has 1 fully saturated rings. The number of hydrogen-bond donors (Lipinski definition) is 0. The second-order valence-electron chi connectivity index (χ2n) is 9.18. The van der Waals surface area contributed by atoms with Gasteiger partial charge in [0.1, 0.15) is 34.8 Å². The van der Waals surface area contributed by atoms with Crippen LogP contribution in [0.25, 0.3) is 0 Å². The lowest BCUT2D eigenvalue weighted by molar-refractivity contribution is 0.0724. The van der Waals surface area contributed by atoms with Crippen LogP contribution in [0.1, 0.15) is 80.3 Å². The summed E-state index contributed by atoms with van der Waals surface area (Å²) in [5.74, 6) is -2.74. The Morgan fingerprint density at radius 2 is 1.76 bits per heavy atom. The highest BCUT2D eigenvalue weighted by atomic mass is 19.1. The number of nitrogens with zero attached hydrogens (tertiary/aromatic N) is 1. The Labute approximate surface area is 193 Å². The van der Waals surface area contributed by atoms with Crippen molar-refractivity contribution in [2.75, 3.05) is 0 Å². The van der Waals surface area contributed by atoms with Crippen LogP contribution in [0.4, 0.5) is 13.2 Å². The first-order valence-corrected chi connectivity index (χ1v) is 11.7. The molecule has 2 aromatic carbocycles. The molecule has 1 atom stereocenters. The van der Waals surface area contributed by atoms with E-state index in [0.717, 1.165) is 30.9 Å². The van der Waals surface area contributed by atoms with Crippen LogP contribution in [0, 0.1) is 46.5 Å². The molecule has 0 saturated heterocycles. The topological polar surface area (TPSA) is 50.1 Å². The van der Waals surface area contributed by atoms with E-state index in [-0.39, 0.29) is 17.2 Å². The molecule has 0 amide bonds. The summed E-state index contributed by atoms with van der Waals surface area (Å²) in [6, 6.07) is 7.17. The first kappa shape index (κ1) is 24.8. The third kappa shape index (κ3) is 6.37. The predicted octanol–water partition coefficient (Wildman–Crippen LogP) is 7.37. The molecule has 33 heavy (non-hydrogen) atoms. The number of hydrogen-bond acceptors (Lipinski definition) is 3. The molecule has 1 aliphatic rings. The Balaban J connectivity index is 1.63. The fourth-order valence-electron chi connectivity index (χ4n) is 4.82. The number of halogens is 3. The van der Waals surface area contributed by atoms with Crippen LogP contribution >= 0.6 is 0 Å². The largest absolute Gasteiger partial charge is 0.423 e. The van der Waals surface area contributed by atoms with E-state index in [1.165, 1.54) is 50.3 Å². The molecule has 0 aromatic heterocycles. The van der Waals surface area contributed by atoms with Crippen molar-refractivity contribution in [1.82, 2.24) is 0 Å². The van der Waals surface area contributed by atoms with Crippen molar-refractivity contribution >= 4 is 5.97 Å². The van der Waals surface area contributed by atoms with E-state index in [9.17, 15) is 18.0 Å². The Bertz CT molecular complexity index is 1000. The average Bonchev–Trinajstić information content (AvgIpc) is 2.77. The number of unbranched alkanes of at least 4 members (excludes halogenated alkanes) is 1. The van der Waals surface area contributed by atoms with Crippen molar-refractivity contribution in [3.05, 3.63) is 64.5 Å². The number of ether oxygens (including phenoxy) is 1. The molecule has 0 spiro atoms. The zero-order valence-corrected chi connectivity index (χ0v) is 19.2. The van der Waals surface area contributed by atoms with E-state index in [2.05, 4.69) is 13.8 Å². The van der Waals surface area contributed by atoms with Crippen LogP contribution in [0.15, 0.2) is 30.3 Å². The minimum atomic E-state index is -1.25. The summed E-state index contributed by atoms with van der Waals surface area (Å²) in [5.41, 5.74) is -0.528. The summed E-state index contributed by atoms with van der Waals surface area (Å²) in [4.78, 5) is 12.3. The third-order valence-corrected chi connectivity index (χ3v) is 6.80. The maximum absolute atomic E-state index is 14.7. The Morgan fingerprint density at radius 1 is 1.09 bits per heavy atom. The van der Waals surface area contributed by atoms with Gasteiger partial charge in [0.2, 0.25) is 0 Å².